The van der Waals surface area contributed by atoms with E-state index in [4.69, 9.17) is 4.74 Å². The zero-order valence-corrected chi connectivity index (χ0v) is 13.6. The van der Waals surface area contributed by atoms with Crippen molar-refractivity contribution in [2.24, 2.45) is 0 Å². The number of hydrogen-bond acceptors (Lipinski definition) is 3. The lowest BCUT2D eigenvalue weighted by Crippen LogP contribution is -2.48. The third-order valence-corrected chi connectivity index (χ3v) is 4.15. The van der Waals surface area contributed by atoms with Gasteiger partial charge in [-0.3, -0.25) is 4.79 Å². The average Bonchev–Trinajstić information content (AvgIpc) is 2.53. The van der Waals surface area contributed by atoms with Crippen LogP contribution < -0.4 is 9.64 Å². The Labute approximate surface area is 127 Å². The monoisotopic (exact) mass is 290 g/mol. The molecule has 0 aliphatic carbocycles. The van der Waals surface area contributed by atoms with E-state index >= 15 is 0 Å². The van der Waals surface area contributed by atoms with E-state index in [1.54, 1.807) is 7.11 Å². The minimum atomic E-state index is 0.247. The van der Waals surface area contributed by atoms with E-state index in [0.29, 0.717) is 12.3 Å². The molecule has 0 saturated carbocycles. The molecular weight excluding hydrogens is 264 g/mol. The van der Waals surface area contributed by atoms with Crippen LogP contribution in [0.25, 0.3) is 0 Å². The van der Waals surface area contributed by atoms with Gasteiger partial charge in [-0.25, -0.2) is 0 Å². The van der Waals surface area contributed by atoms with Gasteiger partial charge in [0.2, 0.25) is 5.91 Å². The molecule has 2 rings (SSSR count). The van der Waals surface area contributed by atoms with E-state index in [-0.39, 0.29) is 5.91 Å². The highest BCUT2D eigenvalue weighted by Gasteiger charge is 2.22. The maximum absolute atomic E-state index is 11.7. The molecule has 1 fully saturated rings. The lowest BCUT2D eigenvalue weighted by molar-refractivity contribution is -0.131. The number of ether oxygens (including phenoxy) is 1. The van der Waals surface area contributed by atoms with Gasteiger partial charge < -0.3 is 14.5 Å². The van der Waals surface area contributed by atoms with Gasteiger partial charge in [-0.1, -0.05) is 26.8 Å². The number of anilines is 1. The van der Waals surface area contributed by atoms with Gasteiger partial charge in [0.25, 0.3) is 0 Å². The number of carbonyl (C=O) groups excluding carboxylic acids is 1. The molecule has 1 aliphatic heterocycles. The summed E-state index contributed by atoms with van der Waals surface area (Å²) in [5, 5.41) is 0. The topological polar surface area (TPSA) is 32.8 Å². The summed E-state index contributed by atoms with van der Waals surface area (Å²) in [5.41, 5.74) is 2.42. The summed E-state index contributed by atoms with van der Waals surface area (Å²) in [6, 6.07) is 6.45. The van der Waals surface area contributed by atoms with Crippen LogP contribution in [0.2, 0.25) is 0 Å². The van der Waals surface area contributed by atoms with Crippen molar-refractivity contribution in [3.63, 3.8) is 0 Å². The Morgan fingerprint density at radius 3 is 2.43 bits per heavy atom. The molecule has 1 aliphatic rings. The Balaban J connectivity index is 2.11. The molecule has 4 heteroatoms. The van der Waals surface area contributed by atoms with E-state index < -0.39 is 0 Å². The van der Waals surface area contributed by atoms with E-state index in [1.807, 2.05) is 11.8 Å². The second kappa shape index (κ2) is 6.83. The van der Waals surface area contributed by atoms with Gasteiger partial charge in [0.1, 0.15) is 5.75 Å². The summed E-state index contributed by atoms with van der Waals surface area (Å²) in [5.74, 6) is 1.67. The molecule has 1 saturated heterocycles. The highest BCUT2D eigenvalue weighted by molar-refractivity contribution is 5.76. The predicted octanol–water partition coefficient (Wildman–Crippen LogP) is 2.88. The first kappa shape index (κ1) is 15.7. The van der Waals surface area contributed by atoms with Crippen LogP contribution in [0.15, 0.2) is 18.2 Å². The van der Waals surface area contributed by atoms with Crippen LogP contribution in [-0.2, 0) is 4.79 Å². The summed E-state index contributed by atoms with van der Waals surface area (Å²) in [4.78, 5) is 16.0. The quantitative estimate of drug-likeness (QED) is 0.855. The van der Waals surface area contributed by atoms with Gasteiger partial charge >= 0.3 is 0 Å². The molecule has 4 nitrogen and oxygen atoms in total. The molecule has 1 heterocycles. The summed E-state index contributed by atoms with van der Waals surface area (Å²) < 4.78 is 5.56. The van der Waals surface area contributed by atoms with Gasteiger partial charge in [0.05, 0.1) is 12.8 Å². The largest absolute Gasteiger partial charge is 0.495 e. The number of amides is 1. The van der Waals surface area contributed by atoms with Gasteiger partial charge in [0, 0.05) is 32.6 Å². The molecule has 116 valence electrons. The van der Waals surface area contributed by atoms with Crippen molar-refractivity contribution in [1.82, 2.24) is 4.90 Å². The molecule has 0 aromatic heterocycles. The van der Waals surface area contributed by atoms with E-state index in [0.717, 1.165) is 37.6 Å². The molecule has 21 heavy (non-hydrogen) atoms. The van der Waals surface area contributed by atoms with Crippen LogP contribution in [-0.4, -0.2) is 44.1 Å². The maximum Gasteiger partial charge on any atom is 0.222 e. The van der Waals surface area contributed by atoms with Crippen LogP contribution >= 0.6 is 0 Å². The second-order valence-corrected chi connectivity index (χ2v) is 5.81. The van der Waals surface area contributed by atoms with Gasteiger partial charge in [-0.05, 0) is 23.6 Å². The Bertz CT molecular complexity index is 492. The lowest BCUT2D eigenvalue weighted by atomic mass is 10.0. The molecule has 0 N–H and O–H groups in total. The van der Waals surface area contributed by atoms with Gasteiger partial charge in [-0.15, -0.1) is 0 Å². The summed E-state index contributed by atoms with van der Waals surface area (Å²) >= 11 is 0. The molecular formula is C17H26N2O2. The first-order valence-corrected chi connectivity index (χ1v) is 7.77. The number of methoxy groups -OCH3 is 1. The minimum absolute atomic E-state index is 0.247. The van der Waals surface area contributed by atoms with Gasteiger partial charge in [-0.2, -0.15) is 0 Å². The Morgan fingerprint density at radius 1 is 1.24 bits per heavy atom. The Kier molecular flexibility index (Phi) is 5.10. The highest BCUT2D eigenvalue weighted by Crippen LogP contribution is 2.32. The molecule has 0 unspecified atom stereocenters. The number of hydrogen-bond donors (Lipinski definition) is 0. The number of nitrogens with zero attached hydrogens (tertiary/aromatic N) is 2. The third-order valence-electron chi connectivity index (χ3n) is 4.15. The molecule has 1 aromatic carbocycles. The second-order valence-electron chi connectivity index (χ2n) is 5.81. The SMILES string of the molecule is CCC(=O)N1CCN(c2ccc(C(C)C)cc2OC)CC1. The summed E-state index contributed by atoms with van der Waals surface area (Å²) in [6.07, 6.45) is 0.590. The van der Waals surface area contributed by atoms with Crippen molar-refractivity contribution < 1.29 is 9.53 Å². The first-order valence-electron chi connectivity index (χ1n) is 7.77. The average molecular weight is 290 g/mol. The van der Waals surface area contributed by atoms with Crippen molar-refractivity contribution in [3.8, 4) is 5.75 Å². The summed E-state index contributed by atoms with van der Waals surface area (Å²) in [7, 11) is 1.72. The smallest absolute Gasteiger partial charge is 0.222 e. The van der Waals surface area contributed by atoms with Crippen LogP contribution in [0.3, 0.4) is 0 Å². The molecule has 1 amide bonds. The zero-order valence-electron chi connectivity index (χ0n) is 13.6. The molecule has 0 radical (unpaired) electrons. The van der Waals surface area contributed by atoms with E-state index in [1.165, 1.54) is 5.56 Å². The van der Waals surface area contributed by atoms with E-state index in [2.05, 4.69) is 36.9 Å². The Hall–Kier alpha value is -1.71. The number of rotatable bonds is 4. The normalized spacial score (nSPS) is 15.5. The van der Waals surface area contributed by atoms with Crippen molar-refractivity contribution in [1.29, 1.82) is 0 Å². The van der Waals surface area contributed by atoms with Crippen LogP contribution in [0.4, 0.5) is 5.69 Å². The predicted molar refractivity (Wildman–Crippen MR) is 86.2 cm³/mol. The van der Waals surface area contributed by atoms with Crippen molar-refractivity contribution >= 4 is 11.6 Å². The maximum atomic E-state index is 11.7. The Morgan fingerprint density at radius 2 is 1.90 bits per heavy atom. The fraction of sp³-hybridized carbons (Fsp3) is 0.588. The number of carbonyl (C=O) groups is 1. The van der Waals surface area contributed by atoms with Gasteiger partial charge in [0.15, 0.2) is 0 Å². The highest BCUT2D eigenvalue weighted by atomic mass is 16.5. The van der Waals surface area contributed by atoms with Crippen LogP contribution in [0.5, 0.6) is 5.75 Å². The zero-order chi connectivity index (χ0) is 15.4. The molecule has 0 atom stereocenters. The minimum Gasteiger partial charge on any atom is -0.495 e. The lowest BCUT2D eigenvalue weighted by Gasteiger charge is -2.36. The number of piperazine rings is 1. The third kappa shape index (κ3) is 3.49. The molecule has 0 spiro atoms. The fourth-order valence-electron chi connectivity index (χ4n) is 2.73. The first-order chi connectivity index (χ1) is 10.1. The fourth-order valence-corrected chi connectivity index (χ4v) is 2.73. The van der Waals surface area contributed by atoms with E-state index in [9.17, 15) is 4.79 Å². The van der Waals surface area contributed by atoms with Crippen LogP contribution in [0.1, 0.15) is 38.7 Å². The summed E-state index contributed by atoms with van der Waals surface area (Å²) in [6.45, 7) is 9.60. The van der Waals surface area contributed by atoms with Crippen molar-refractivity contribution in [3.05, 3.63) is 23.8 Å². The van der Waals surface area contributed by atoms with Crippen molar-refractivity contribution in [2.75, 3.05) is 38.2 Å². The van der Waals surface area contributed by atoms with Crippen molar-refractivity contribution in [2.45, 2.75) is 33.1 Å². The van der Waals surface area contributed by atoms with Crippen LogP contribution in [0, 0.1) is 0 Å². The number of benzene rings is 1. The molecule has 1 aromatic rings. The standard InChI is InChI=1S/C17H26N2O2/c1-5-17(20)19-10-8-18(9-11-19)15-7-6-14(13(2)3)12-16(15)21-4/h6-7,12-13H,5,8-11H2,1-4H3. The molecule has 0 bridgehead atoms.